The lowest BCUT2D eigenvalue weighted by Gasteiger charge is -2.40. The third kappa shape index (κ3) is 43.4. The van der Waals surface area contributed by atoms with Crippen molar-refractivity contribution < 1.29 is 58.2 Å². The Morgan fingerprint density at radius 3 is 1.22 bits per heavy atom. The van der Waals surface area contributed by atoms with Gasteiger partial charge in [-0.3, -0.25) is 14.4 Å². The molecule has 0 amide bonds. The molecule has 0 aromatic rings. The Labute approximate surface area is 477 Å². The van der Waals surface area contributed by atoms with Crippen LogP contribution < -0.4 is 0 Å². The molecule has 1 saturated heterocycles. The molecule has 12 nitrogen and oxygen atoms in total. The maximum atomic E-state index is 13.1. The number of hydrogen-bond donors (Lipinski definition) is 3. The summed E-state index contributed by atoms with van der Waals surface area (Å²) in [5.74, 6) is -3.33. The Morgan fingerprint density at radius 1 is 0.430 bits per heavy atom. The third-order valence-electron chi connectivity index (χ3n) is 12.7. The number of carboxylic acids is 1. The molecule has 0 aromatic carbocycles. The van der Waals surface area contributed by atoms with E-state index in [1.807, 2.05) is 18.2 Å². The number of aliphatic hydroxyl groups is 2. The van der Waals surface area contributed by atoms with Gasteiger partial charge in [-0.25, -0.2) is 4.79 Å². The highest BCUT2D eigenvalue weighted by Gasteiger charge is 2.50. The highest BCUT2D eigenvalue weighted by Crippen LogP contribution is 2.26. The van der Waals surface area contributed by atoms with Gasteiger partial charge in [0.2, 0.25) is 0 Å². The first-order valence-corrected chi connectivity index (χ1v) is 30.2. The molecule has 0 aromatic heterocycles. The van der Waals surface area contributed by atoms with Crippen molar-refractivity contribution in [3.63, 3.8) is 0 Å². The number of aliphatic hydroxyl groups excluding tert-OH is 2. The van der Waals surface area contributed by atoms with Crippen LogP contribution in [0.25, 0.3) is 0 Å². The van der Waals surface area contributed by atoms with Gasteiger partial charge in [0, 0.05) is 12.8 Å². The van der Waals surface area contributed by atoms with Crippen LogP contribution in [0.4, 0.5) is 0 Å². The fourth-order valence-electron chi connectivity index (χ4n) is 8.24. The number of esters is 3. The first kappa shape index (κ1) is 71.9. The number of allylic oxidation sites excluding steroid dienone is 21. The first-order valence-electron chi connectivity index (χ1n) is 30.2. The molecule has 6 unspecified atom stereocenters. The predicted molar refractivity (Wildman–Crippen MR) is 321 cm³/mol. The zero-order chi connectivity index (χ0) is 57.5. The number of hydrogen-bond acceptors (Lipinski definition) is 11. The van der Waals surface area contributed by atoms with Crippen LogP contribution in [0.15, 0.2) is 134 Å². The van der Waals surface area contributed by atoms with Gasteiger partial charge in [-0.1, -0.05) is 219 Å². The van der Waals surface area contributed by atoms with Gasteiger partial charge in [0.05, 0.1) is 13.0 Å². The normalized spacial score (nSPS) is 18.8. The van der Waals surface area contributed by atoms with Crippen molar-refractivity contribution in [2.45, 2.75) is 250 Å². The molecule has 1 fully saturated rings. The number of carbonyl (C=O) groups excluding carboxylic acids is 3. The monoisotopic (exact) mass is 1100 g/mol. The molecule has 3 N–H and O–H groups in total. The predicted octanol–water partition coefficient (Wildman–Crippen LogP) is 15.8. The number of aliphatic carboxylic acids is 1. The zero-order valence-corrected chi connectivity index (χ0v) is 48.8. The maximum absolute atomic E-state index is 13.1. The van der Waals surface area contributed by atoms with Gasteiger partial charge >= 0.3 is 23.9 Å². The molecule has 444 valence electrons. The minimum Gasteiger partial charge on any atom is -0.479 e. The van der Waals surface area contributed by atoms with Gasteiger partial charge in [0.15, 0.2) is 24.6 Å². The Hall–Kier alpha value is -5.14. The standard InChI is InChI=1S/C67H104O12/c1-4-7-10-13-16-19-22-25-28-30-33-35-38-41-44-47-50-53-59(68)75-56-58(77-60(69)54-51-48-45-42-39-36-32-27-24-21-18-15-12-9-6-3)57-76-67-65(63(72)62(71)64(79-67)66(73)74)78-61(70)55-52-49-46-43-40-37-34-31-29-26-23-20-17-14-11-8-5-2/h7-12,16-21,25-29,32,39,42,48,51,58,62-65,67,71-72H,4-6,13-15,22-24,30-31,33-38,40-41,43-47,49-50,52-57H2,1-3H3,(H,73,74)/b10-7-,11-8-,12-9-,19-16-,20-17-,21-18-,28-25-,29-26-,32-27-,42-39-,51-48-. The van der Waals surface area contributed by atoms with Crippen molar-refractivity contribution in [3.8, 4) is 0 Å². The fourth-order valence-corrected chi connectivity index (χ4v) is 8.24. The van der Waals surface area contributed by atoms with E-state index >= 15 is 0 Å². The number of rotatable bonds is 49. The molecular formula is C67H104O12. The van der Waals surface area contributed by atoms with Crippen LogP contribution in [0, 0.1) is 0 Å². The summed E-state index contributed by atoms with van der Waals surface area (Å²) in [5.41, 5.74) is 0. The quantitative estimate of drug-likeness (QED) is 0.0228. The first-order chi connectivity index (χ1) is 38.6. The molecule has 0 radical (unpaired) electrons. The lowest BCUT2D eigenvalue weighted by atomic mass is 9.98. The summed E-state index contributed by atoms with van der Waals surface area (Å²) >= 11 is 0. The molecule has 0 aliphatic carbocycles. The van der Waals surface area contributed by atoms with Crippen molar-refractivity contribution in [1.82, 2.24) is 0 Å². The Bertz CT molecular complexity index is 1880. The van der Waals surface area contributed by atoms with Crippen molar-refractivity contribution in [3.05, 3.63) is 134 Å². The molecule has 79 heavy (non-hydrogen) atoms. The van der Waals surface area contributed by atoms with E-state index < -0.39 is 67.3 Å². The summed E-state index contributed by atoms with van der Waals surface area (Å²) in [5, 5.41) is 31.5. The van der Waals surface area contributed by atoms with Gasteiger partial charge in [-0.15, -0.1) is 0 Å². The van der Waals surface area contributed by atoms with E-state index in [0.717, 1.165) is 154 Å². The van der Waals surface area contributed by atoms with Crippen molar-refractivity contribution in [2.75, 3.05) is 13.2 Å². The highest BCUT2D eigenvalue weighted by molar-refractivity contribution is 5.74. The second kappa shape index (κ2) is 53.5. The molecule has 1 rings (SSSR count). The average molecular weight is 1100 g/mol. The van der Waals surface area contributed by atoms with E-state index in [-0.39, 0.29) is 25.9 Å². The largest absolute Gasteiger partial charge is 0.479 e. The van der Waals surface area contributed by atoms with Gasteiger partial charge in [-0.05, 0) is 109 Å². The second-order valence-corrected chi connectivity index (χ2v) is 19.9. The highest BCUT2D eigenvalue weighted by atomic mass is 16.7. The Balaban J connectivity index is 2.75. The van der Waals surface area contributed by atoms with Crippen LogP contribution in [0.2, 0.25) is 0 Å². The van der Waals surface area contributed by atoms with Crippen LogP contribution in [-0.4, -0.2) is 89.2 Å². The molecule has 1 heterocycles. The Morgan fingerprint density at radius 2 is 0.797 bits per heavy atom. The van der Waals surface area contributed by atoms with Gasteiger partial charge in [-0.2, -0.15) is 0 Å². The Kier molecular flexibility index (Phi) is 48.7. The SMILES string of the molecule is CC/C=C\C/C=C\C/C=C\C/C=C\C/C=C\CC(=O)OC(COC(=O)CCCCCCCCC/C=C\C/C=C\C/C=C\CC)COC1OC(C(=O)O)C(O)C(O)C1OC(=O)CCCCCCCCC/C=C\C/C=C\C/C=C\CC. The van der Waals surface area contributed by atoms with Crippen LogP contribution >= 0.6 is 0 Å². The molecule has 1 aliphatic rings. The number of carboxylic acid groups (broad SMARTS) is 1. The van der Waals surface area contributed by atoms with Crippen molar-refractivity contribution in [1.29, 1.82) is 0 Å². The molecule has 6 atom stereocenters. The summed E-state index contributed by atoms with van der Waals surface area (Å²) in [6.45, 7) is 5.55. The summed E-state index contributed by atoms with van der Waals surface area (Å²) in [7, 11) is 0. The van der Waals surface area contributed by atoms with Gasteiger partial charge in [0.1, 0.15) is 18.8 Å². The van der Waals surface area contributed by atoms with Crippen LogP contribution in [-0.2, 0) is 42.9 Å². The molecule has 0 saturated carbocycles. The fraction of sp³-hybridized carbons (Fsp3) is 0.612. The minimum absolute atomic E-state index is 0.0305. The summed E-state index contributed by atoms with van der Waals surface area (Å²) in [6, 6.07) is 0. The number of unbranched alkanes of at least 4 members (excludes halogenated alkanes) is 14. The number of ether oxygens (including phenoxy) is 5. The smallest absolute Gasteiger partial charge is 0.335 e. The van der Waals surface area contributed by atoms with Gasteiger partial charge in [0.25, 0.3) is 0 Å². The van der Waals surface area contributed by atoms with E-state index in [4.69, 9.17) is 23.7 Å². The lowest BCUT2D eigenvalue weighted by Crippen LogP contribution is -2.61. The molecule has 0 bridgehead atoms. The second-order valence-electron chi connectivity index (χ2n) is 19.9. The third-order valence-corrected chi connectivity index (χ3v) is 12.7. The van der Waals surface area contributed by atoms with Crippen LogP contribution in [0.3, 0.4) is 0 Å². The molecule has 0 spiro atoms. The van der Waals surface area contributed by atoms with E-state index in [2.05, 4.69) is 130 Å². The lowest BCUT2D eigenvalue weighted by molar-refractivity contribution is -0.301. The van der Waals surface area contributed by atoms with E-state index in [0.29, 0.717) is 19.3 Å². The minimum atomic E-state index is -1.93. The van der Waals surface area contributed by atoms with E-state index in [1.165, 1.54) is 0 Å². The van der Waals surface area contributed by atoms with Crippen molar-refractivity contribution >= 4 is 23.9 Å². The topological polar surface area (TPSA) is 175 Å². The average Bonchev–Trinajstić information content (AvgIpc) is 3.46. The summed E-state index contributed by atoms with van der Waals surface area (Å²) in [4.78, 5) is 51.1. The van der Waals surface area contributed by atoms with Crippen LogP contribution in [0.1, 0.15) is 213 Å². The maximum Gasteiger partial charge on any atom is 0.335 e. The summed E-state index contributed by atoms with van der Waals surface area (Å²) in [6.07, 6.45) is 63.0. The van der Waals surface area contributed by atoms with Crippen LogP contribution in [0.5, 0.6) is 0 Å². The van der Waals surface area contributed by atoms with E-state index in [9.17, 15) is 34.5 Å². The zero-order valence-electron chi connectivity index (χ0n) is 48.8. The molecular weight excluding hydrogens is 997 g/mol. The summed E-state index contributed by atoms with van der Waals surface area (Å²) < 4.78 is 28.3. The van der Waals surface area contributed by atoms with Crippen molar-refractivity contribution in [2.24, 2.45) is 0 Å². The van der Waals surface area contributed by atoms with Gasteiger partial charge < -0.3 is 39.0 Å². The number of carbonyl (C=O) groups is 4. The molecule has 1 aliphatic heterocycles. The van der Waals surface area contributed by atoms with E-state index in [1.54, 1.807) is 6.08 Å². The molecule has 12 heteroatoms.